The van der Waals surface area contributed by atoms with E-state index in [1.807, 2.05) is 13.0 Å². The van der Waals surface area contributed by atoms with Crippen LogP contribution in [0, 0.1) is 6.92 Å². The van der Waals surface area contributed by atoms with Crippen LogP contribution in [0.5, 0.6) is 5.75 Å². The summed E-state index contributed by atoms with van der Waals surface area (Å²) in [6.45, 7) is 2.21. The van der Waals surface area contributed by atoms with Crippen LogP contribution in [0.2, 0.25) is 10.0 Å². The second-order valence-corrected chi connectivity index (χ2v) is 11.3. The lowest BCUT2D eigenvalue weighted by atomic mass is 10.1. The van der Waals surface area contributed by atoms with E-state index in [1.165, 1.54) is 24.3 Å². The Morgan fingerprint density at radius 1 is 0.854 bits per heavy atom. The third-order valence-electron chi connectivity index (χ3n) is 5.79. The molecule has 0 fully saturated rings. The van der Waals surface area contributed by atoms with Gasteiger partial charge in [-0.25, -0.2) is 8.42 Å². The maximum atomic E-state index is 12.6. The number of ether oxygens (including phenoxy) is 1. The summed E-state index contributed by atoms with van der Waals surface area (Å²) in [5, 5.41) is 0.946. The summed E-state index contributed by atoms with van der Waals surface area (Å²) < 4.78 is 33.5. The molecule has 0 aliphatic heterocycles. The van der Waals surface area contributed by atoms with Crippen LogP contribution in [0.15, 0.2) is 102 Å². The summed E-state index contributed by atoms with van der Waals surface area (Å²) in [5.41, 5.74) is 7.63. The van der Waals surface area contributed by atoms with Gasteiger partial charge in [0.05, 0.1) is 15.6 Å². The van der Waals surface area contributed by atoms with Crippen LogP contribution in [-0.2, 0) is 21.4 Å². The molecule has 0 aromatic heterocycles. The SMILES string of the molecule is Cc1cc(OCc2ccc(C(=O)NNC(=O)C=Cc3ccc(S(=O)(=O)Nc4ccccc4Cl)cc3)cc2)ccc1Cl. The summed E-state index contributed by atoms with van der Waals surface area (Å²) >= 11 is 12.1. The molecular weight excluding hydrogens is 585 g/mol. The summed E-state index contributed by atoms with van der Waals surface area (Å²) in [6.07, 6.45) is 2.70. The monoisotopic (exact) mass is 609 g/mol. The molecule has 0 atom stereocenters. The molecule has 4 aromatic carbocycles. The third-order valence-corrected chi connectivity index (χ3v) is 7.92. The lowest BCUT2D eigenvalue weighted by Crippen LogP contribution is -2.40. The van der Waals surface area contributed by atoms with Gasteiger partial charge in [-0.15, -0.1) is 0 Å². The van der Waals surface area contributed by atoms with Crippen LogP contribution in [0.4, 0.5) is 5.69 Å². The molecule has 41 heavy (non-hydrogen) atoms. The van der Waals surface area contributed by atoms with Crippen molar-refractivity contribution in [2.75, 3.05) is 4.72 Å². The van der Waals surface area contributed by atoms with E-state index in [0.29, 0.717) is 28.5 Å². The fraction of sp³-hybridized carbons (Fsp3) is 0.0667. The second kappa shape index (κ2) is 13.4. The molecule has 0 saturated carbocycles. The summed E-state index contributed by atoms with van der Waals surface area (Å²) in [7, 11) is -3.85. The first kappa shape index (κ1) is 29.7. The molecule has 0 saturated heterocycles. The van der Waals surface area contributed by atoms with Gasteiger partial charge in [0.1, 0.15) is 12.4 Å². The quantitative estimate of drug-likeness (QED) is 0.155. The van der Waals surface area contributed by atoms with Gasteiger partial charge in [0.25, 0.3) is 21.8 Å². The topological polar surface area (TPSA) is 114 Å². The minimum absolute atomic E-state index is 0.0314. The molecule has 0 heterocycles. The standard InChI is InChI=1S/C30H25Cl2N3O5S/c1-20-18-24(13-16-26(20)31)40-19-22-6-11-23(12-7-22)30(37)34-33-29(36)17-10-21-8-14-25(15-9-21)41(38,39)35-28-5-3-2-4-27(28)32/h2-18,35H,19H2,1H3,(H,33,36)(H,34,37). The van der Waals surface area contributed by atoms with Crippen LogP contribution < -0.4 is 20.3 Å². The Morgan fingerprint density at radius 2 is 1.56 bits per heavy atom. The minimum Gasteiger partial charge on any atom is -0.489 e. The average Bonchev–Trinajstić information content (AvgIpc) is 2.97. The molecule has 0 aliphatic carbocycles. The summed E-state index contributed by atoms with van der Waals surface area (Å²) in [5.74, 6) is -0.372. The van der Waals surface area contributed by atoms with Crippen molar-refractivity contribution >= 4 is 56.8 Å². The predicted octanol–water partition coefficient (Wildman–Crippen LogP) is 6.16. The first-order chi connectivity index (χ1) is 19.6. The van der Waals surface area contributed by atoms with Crippen LogP contribution in [0.25, 0.3) is 6.08 Å². The van der Waals surface area contributed by atoms with Gasteiger partial charge in [0.15, 0.2) is 0 Å². The zero-order valence-corrected chi connectivity index (χ0v) is 24.1. The molecule has 11 heteroatoms. The lowest BCUT2D eigenvalue weighted by molar-refractivity contribution is -0.117. The van der Waals surface area contributed by atoms with E-state index in [-0.39, 0.29) is 15.6 Å². The van der Waals surface area contributed by atoms with Gasteiger partial charge in [-0.05, 0) is 84.3 Å². The maximum Gasteiger partial charge on any atom is 0.269 e. The third kappa shape index (κ3) is 8.34. The van der Waals surface area contributed by atoms with Crippen molar-refractivity contribution in [3.05, 3.63) is 129 Å². The number of hydrazine groups is 1. The average molecular weight is 611 g/mol. The molecule has 4 rings (SSSR count). The normalized spacial score (nSPS) is 11.2. The minimum atomic E-state index is -3.85. The van der Waals surface area contributed by atoms with E-state index in [2.05, 4.69) is 15.6 Å². The van der Waals surface area contributed by atoms with Gasteiger partial charge in [-0.1, -0.05) is 59.6 Å². The largest absolute Gasteiger partial charge is 0.489 e. The van der Waals surface area contributed by atoms with E-state index in [4.69, 9.17) is 27.9 Å². The number of sulfonamides is 1. The van der Waals surface area contributed by atoms with Crippen molar-refractivity contribution in [1.82, 2.24) is 10.9 Å². The molecule has 2 amide bonds. The van der Waals surface area contributed by atoms with Crippen molar-refractivity contribution in [3.8, 4) is 5.75 Å². The van der Waals surface area contributed by atoms with Gasteiger partial charge >= 0.3 is 0 Å². The lowest BCUT2D eigenvalue weighted by Gasteiger charge is -2.09. The number of carbonyl (C=O) groups is 2. The fourth-order valence-corrected chi connectivity index (χ4v) is 4.97. The number of benzene rings is 4. The summed E-state index contributed by atoms with van der Waals surface area (Å²) in [4.78, 5) is 24.6. The van der Waals surface area contributed by atoms with E-state index in [1.54, 1.807) is 72.8 Å². The summed E-state index contributed by atoms with van der Waals surface area (Å²) in [6, 6.07) is 24.6. The van der Waals surface area contributed by atoms with E-state index in [0.717, 1.165) is 11.1 Å². The maximum absolute atomic E-state index is 12.6. The number of rotatable bonds is 9. The van der Waals surface area contributed by atoms with Gasteiger partial charge in [0.2, 0.25) is 0 Å². The van der Waals surface area contributed by atoms with E-state index in [9.17, 15) is 18.0 Å². The Bertz CT molecular complexity index is 1690. The zero-order chi connectivity index (χ0) is 29.4. The van der Waals surface area contributed by atoms with Crippen molar-refractivity contribution in [2.24, 2.45) is 0 Å². The van der Waals surface area contributed by atoms with Crippen molar-refractivity contribution in [1.29, 1.82) is 0 Å². The number of anilines is 1. The Labute approximate surface area is 248 Å². The number of carbonyl (C=O) groups excluding carboxylic acids is 2. The highest BCUT2D eigenvalue weighted by Gasteiger charge is 2.15. The van der Waals surface area contributed by atoms with Gasteiger partial charge in [-0.3, -0.25) is 25.2 Å². The van der Waals surface area contributed by atoms with Crippen molar-refractivity contribution < 1.29 is 22.7 Å². The Morgan fingerprint density at radius 3 is 2.24 bits per heavy atom. The van der Waals surface area contributed by atoms with E-state index < -0.39 is 21.8 Å². The Hall–Kier alpha value is -4.31. The van der Waals surface area contributed by atoms with Crippen LogP contribution in [0.3, 0.4) is 0 Å². The molecule has 0 radical (unpaired) electrons. The van der Waals surface area contributed by atoms with E-state index >= 15 is 0 Å². The number of amides is 2. The van der Waals surface area contributed by atoms with Gasteiger partial charge in [-0.2, -0.15) is 0 Å². The molecule has 0 bridgehead atoms. The molecule has 4 aromatic rings. The fourth-order valence-electron chi connectivity index (χ4n) is 3.54. The molecule has 3 N–H and O–H groups in total. The molecule has 0 unspecified atom stereocenters. The smallest absolute Gasteiger partial charge is 0.269 e. The Kier molecular flexibility index (Phi) is 9.67. The number of halogens is 2. The highest BCUT2D eigenvalue weighted by atomic mass is 35.5. The van der Waals surface area contributed by atoms with Crippen LogP contribution >= 0.6 is 23.2 Å². The highest BCUT2D eigenvalue weighted by Crippen LogP contribution is 2.24. The first-order valence-electron chi connectivity index (χ1n) is 12.2. The molecular formula is C30H25Cl2N3O5S. The van der Waals surface area contributed by atoms with Crippen LogP contribution in [-0.4, -0.2) is 20.2 Å². The molecule has 8 nitrogen and oxygen atoms in total. The zero-order valence-electron chi connectivity index (χ0n) is 21.7. The Balaban J connectivity index is 1.25. The first-order valence-corrected chi connectivity index (χ1v) is 14.5. The van der Waals surface area contributed by atoms with Gasteiger partial charge < -0.3 is 4.74 Å². The number of aryl methyl sites for hydroxylation is 1. The number of para-hydroxylation sites is 1. The van der Waals surface area contributed by atoms with Gasteiger partial charge in [0, 0.05) is 16.7 Å². The predicted molar refractivity (Wildman–Crippen MR) is 160 cm³/mol. The molecule has 0 spiro atoms. The second-order valence-electron chi connectivity index (χ2n) is 8.83. The molecule has 210 valence electrons. The number of hydrogen-bond donors (Lipinski definition) is 3. The van der Waals surface area contributed by atoms with Crippen molar-refractivity contribution in [3.63, 3.8) is 0 Å². The number of hydrogen-bond acceptors (Lipinski definition) is 5. The molecule has 0 aliphatic rings. The highest BCUT2D eigenvalue weighted by molar-refractivity contribution is 7.92. The van der Waals surface area contributed by atoms with Crippen molar-refractivity contribution in [2.45, 2.75) is 18.4 Å². The van der Waals surface area contributed by atoms with Crippen LogP contribution in [0.1, 0.15) is 27.0 Å². The number of nitrogens with one attached hydrogen (secondary N) is 3.